The van der Waals surface area contributed by atoms with Crippen LogP contribution in [0.5, 0.6) is 23.0 Å². The number of ether oxygens (including phenoxy) is 2. The lowest BCUT2D eigenvalue weighted by Gasteiger charge is -2.35. The van der Waals surface area contributed by atoms with E-state index in [0.29, 0.717) is 0 Å². The average Bonchev–Trinajstić information content (AvgIpc) is 3.29. The Labute approximate surface area is 353 Å². The van der Waals surface area contributed by atoms with Crippen LogP contribution in [0.15, 0.2) is 201 Å². The second kappa shape index (κ2) is 15.1. The van der Waals surface area contributed by atoms with Crippen molar-refractivity contribution >= 4 is 28.7 Å². The molecule has 8 aromatic rings. The van der Waals surface area contributed by atoms with Gasteiger partial charge >= 0.3 is 0 Å². The van der Waals surface area contributed by atoms with Gasteiger partial charge < -0.3 is 9.47 Å². The fourth-order valence-electron chi connectivity index (χ4n) is 9.14. The molecule has 3 heteroatoms. The van der Waals surface area contributed by atoms with Gasteiger partial charge in [0.2, 0.25) is 0 Å². The molecule has 60 heavy (non-hydrogen) atoms. The van der Waals surface area contributed by atoms with E-state index in [4.69, 9.17) is 9.47 Å². The van der Waals surface area contributed by atoms with Crippen LogP contribution in [0.25, 0.3) is 61.2 Å². The molecular weight excluding hydrogens is 727 g/mol. The second-order valence-electron chi connectivity index (χ2n) is 15.9. The summed E-state index contributed by atoms with van der Waals surface area (Å²) in [6.07, 6.45) is 3.84. The highest BCUT2D eigenvalue weighted by Crippen LogP contribution is 2.48. The number of fused-ring (bicyclic) bond motifs is 4. The molecule has 0 spiro atoms. The molecule has 0 saturated heterocycles. The van der Waals surface area contributed by atoms with Gasteiger partial charge in [0.1, 0.15) is 23.0 Å². The highest BCUT2D eigenvalue weighted by Gasteiger charge is 2.42. The lowest BCUT2D eigenvalue weighted by molar-refractivity contribution is 0.467. The van der Waals surface area contributed by atoms with Crippen LogP contribution in [0.2, 0.25) is 0 Å². The lowest BCUT2D eigenvalue weighted by atomic mass is 9.34. The van der Waals surface area contributed by atoms with Crippen LogP contribution in [-0.4, -0.2) is 6.71 Å². The number of allylic oxidation sites excluding steroid dienone is 4. The van der Waals surface area contributed by atoms with Crippen LogP contribution in [0.1, 0.15) is 23.6 Å². The summed E-state index contributed by atoms with van der Waals surface area (Å²) in [7, 11) is 0. The van der Waals surface area contributed by atoms with Gasteiger partial charge in [-0.1, -0.05) is 141 Å². The van der Waals surface area contributed by atoms with Gasteiger partial charge in [0.25, 0.3) is 6.71 Å². The van der Waals surface area contributed by atoms with E-state index in [0.717, 1.165) is 101 Å². The first kappa shape index (κ1) is 37.0. The summed E-state index contributed by atoms with van der Waals surface area (Å²) in [6.45, 7) is 14.7. The minimum absolute atomic E-state index is 0.109. The van der Waals surface area contributed by atoms with Crippen molar-refractivity contribution in [3.63, 3.8) is 0 Å². The van der Waals surface area contributed by atoms with Gasteiger partial charge in [-0.2, -0.15) is 0 Å². The van der Waals surface area contributed by atoms with E-state index in [2.05, 4.69) is 204 Å². The number of aryl methyl sites for hydroxylation is 2. The normalized spacial score (nSPS) is 12.6. The number of benzene rings is 8. The van der Waals surface area contributed by atoms with Gasteiger partial charge in [0, 0.05) is 16.6 Å². The van der Waals surface area contributed by atoms with Crippen molar-refractivity contribution in [2.75, 3.05) is 0 Å². The topological polar surface area (TPSA) is 18.5 Å². The maximum absolute atomic E-state index is 7.16. The molecule has 0 atom stereocenters. The Kier molecular flexibility index (Phi) is 9.30. The summed E-state index contributed by atoms with van der Waals surface area (Å²) < 4.78 is 14.3. The molecular formula is C57H43BO2. The summed E-state index contributed by atoms with van der Waals surface area (Å²) >= 11 is 0. The van der Waals surface area contributed by atoms with E-state index < -0.39 is 0 Å². The van der Waals surface area contributed by atoms with Gasteiger partial charge in [0.15, 0.2) is 0 Å². The Balaban J connectivity index is 1.33. The second-order valence-corrected chi connectivity index (χ2v) is 15.9. The van der Waals surface area contributed by atoms with Gasteiger partial charge in [-0.15, -0.1) is 0 Å². The summed E-state index contributed by atoms with van der Waals surface area (Å²) in [6, 6.07) is 60.9. The van der Waals surface area contributed by atoms with E-state index in [1.807, 2.05) is 12.2 Å². The van der Waals surface area contributed by atoms with Crippen LogP contribution in [0, 0.1) is 13.8 Å². The lowest BCUT2D eigenvalue weighted by Crippen LogP contribution is -2.57. The van der Waals surface area contributed by atoms with E-state index >= 15 is 0 Å². The number of para-hydroxylation sites is 2. The zero-order chi connectivity index (χ0) is 40.9. The van der Waals surface area contributed by atoms with Crippen LogP contribution in [0.3, 0.4) is 0 Å². The molecule has 0 aliphatic carbocycles. The van der Waals surface area contributed by atoms with Crippen LogP contribution in [0.4, 0.5) is 0 Å². The van der Waals surface area contributed by atoms with Crippen molar-refractivity contribution < 1.29 is 9.47 Å². The zero-order valence-electron chi connectivity index (χ0n) is 34.1. The summed E-state index contributed by atoms with van der Waals surface area (Å²) in [5.74, 6) is 3.33. The summed E-state index contributed by atoms with van der Waals surface area (Å²) in [5.41, 5.74) is 19.9. The number of hydrogen-bond donors (Lipinski definition) is 0. The molecule has 0 aromatic heterocycles. The molecule has 0 fully saturated rings. The third-order valence-corrected chi connectivity index (χ3v) is 12.2. The van der Waals surface area contributed by atoms with Crippen molar-refractivity contribution in [2.24, 2.45) is 0 Å². The molecule has 0 unspecified atom stereocenters. The largest absolute Gasteiger partial charge is 0.458 e. The first-order chi connectivity index (χ1) is 29.4. The predicted octanol–water partition coefficient (Wildman–Crippen LogP) is 13.5. The molecule has 2 heterocycles. The summed E-state index contributed by atoms with van der Waals surface area (Å²) in [5, 5.41) is 0. The van der Waals surface area contributed by atoms with E-state index in [-0.39, 0.29) is 6.71 Å². The average molecular weight is 771 g/mol. The van der Waals surface area contributed by atoms with Gasteiger partial charge in [-0.3, -0.25) is 0 Å². The number of rotatable bonds is 8. The van der Waals surface area contributed by atoms with Gasteiger partial charge in [0.05, 0.1) is 0 Å². The van der Waals surface area contributed by atoms with Crippen molar-refractivity contribution in [2.45, 2.75) is 20.8 Å². The van der Waals surface area contributed by atoms with Crippen LogP contribution in [-0.2, 0) is 0 Å². The molecule has 286 valence electrons. The van der Waals surface area contributed by atoms with Crippen molar-refractivity contribution in [3.8, 4) is 78.6 Å². The van der Waals surface area contributed by atoms with E-state index in [9.17, 15) is 0 Å². The maximum Gasteiger partial charge on any atom is 0.260 e. The molecule has 2 aliphatic heterocycles. The summed E-state index contributed by atoms with van der Waals surface area (Å²) in [4.78, 5) is 0. The zero-order valence-corrected chi connectivity index (χ0v) is 34.1. The first-order valence-electron chi connectivity index (χ1n) is 20.6. The van der Waals surface area contributed by atoms with Gasteiger partial charge in [-0.25, -0.2) is 0 Å². The number of hydrogen-bond acceptors (Lipinski definition) is 2. The third-order valence-electron chi connectivity index (χ3n) is 12.2. The molecule has 0 N–H and O–H groups in total. The maximum atomic E-state index is 7.16. The molecule has 0 radical (unpaired) electrons. The standard InChI is InChI=1S/C57H43BO2/c1-6-36(3)46(7-2)41-29-40(39-21-9-8-10-22-39)30-44(31-41)49-35-50(45-33-42(47-23-13-11-19-37(47)4)32-43(34-45)48-24-14-12-20-38(48)5)57-55-56(49)59-53-27-17-15-25-51(53)58(55)52-26-16-18-28-54(52)60-57/h6-35H,1-2H2,3-5H3/b46-36+. The minimum Gasteiger partial charge on any atom is -0.458 e. The Hall–Kier alpha value is -7.36. The monoisotopic (exact) mass is 770 g/mol. The van der Waals surface area contributed by atoms with Crippen LogP contribution < -0.4 is 25.9 Å². The predicted molar refractivity (Wildman–Crippen MR) is 254 cm³/mol. The first-order valence-corrected chi connectivity index (χ1v) is 20.6. The van der Waals surface area contributed by atoms with Crippen molar-refractivity contribution in [3.05, 3.63) is 217 Å². The molecule has 8 aromatic carbocycles. The molecule has 2 aliphatic rings. The van der Waals surface area contributed by atoms with Crippen molar-refractivity contribution in [1.29, 1.82) is 0 Å². The van der Waals surface area contributed by atoms with Crippen LogP contribution >= 0.6 is 0 Å². The third kappa shape index (κ3) is 6.31. The fraction of sp³-hybridized carbons (Fsp3) is 0.0526. The quantitative estimate of drug-likeness (QED) is 0.113. The molecule has 0 amide bonds. The highest BCUT2D eigenvalue weighted by atomic mass is 16.5. The minimum atomic E-state index is -0.109. The molecule has 0 bridgehead atoms. The molecule has 10 rings (SSSR count). The Morgan fingerprint density at radius 1 is 0.450 bits per heavy atom. The molecule has 2 nitrogen and oxygen atoms in total. The van der Waals surface area contributed by atoms with E-state index in [1.54, 1.807) is 0 Å². The Bertz CT molecular complexity index is 2990. The van der Waals surface area contributed by atoms with Gasteiger partial charge in [-0.05, 0) is 159 Å². The smallest absolute Gasteiger partial charge is 0.260 e. The molecule has 0 saturated carbocycles. The SMILES string of the molecule is C=C/C(C)=C(\C=C)c1cc(-c2ccccc2)cc(-c2cc(-c3cc(-c4ccccc4C)cc(-c4ccccc4C)c3)c3c4c2Oc2ccccc2B4c2ccccc2O3)c1. The Morgan fingerprint density at radius 3 is 1.43 bits per heavy atom. The van der Waals surface area contributed by atoms with E-state index in [1.165, 1.54) is 22.3 Å². The highest BCUT2D eigenvalue weighted by molar-refractivity contribution is 6.98. The van der Waals surface area contributed by atoms with Crippen molar-refractivity contribution in [1.82, 2.24) is 0 Å². The fourth-order valence-corrected chi connectivity index (χ4v) is 9.14. The Morgan fingerprint density at radius 2 is 0.900 bits per heavy atom.